The smallest absolute Gasteiger partial charge is 0.0406 e. The van der Waals surface area contributed by atoms with Gasteiger partial charge in [0.1, 0.15) is 0 Å². The lowest BCUT2D eigenvalue weighted by Crippen LogP contribution is -2.49. The molecule has 3 heteroatoms. The van der Waals surface area contributed by atoms with Crippen LogP contribution < -0.4 is 5.73 Å². The molecule has 0 aliphatic carbocycles. The van der Waals surface area contributed by atoms with Crippen LogP contribution in [0.2, 0.25) is 5.02 Å². The first-order valence-corrected chi connectivity index (χ1v) is 7.41. The van der Waals surface area contributed by atoms with E-state index in [1.165, 1.54) is 12.0 Å². The Morgan fingerprint density at radius 3 is 2.32 bits per heavy atom. The highest BCUT2D eigenvalue weighted by Gasteiger charge is 2.27. The molecule has 0 spiro atoms. The van der Waals surface area contributed by atoms with Crippen LogP contribution in [0.4, 0.5) is 0 Å². The quantitative estimate of drug-likeness (QED) is 0.821. The zero-order chi connectivity index (χ0) is 14.5. The second-order valence-corrected chi connectivity index (χ2v) is 6.55. The lowest BCUT2D eigenvalue weighted by molar-refractivity contribution is 0.119. The topological polar surface area (TPSA) is 29.3 Å². The highest BCUT2D eigenvalue weighted by molar-refractivity contribution is 6.30. The van der Waals surface area contributed by atoms with E-state index in [4.69, 9.17) is 17.3 Å². The monoisotopic (exact) mass is 282 g/mol. The Bertz CT molecular complexity index is 375. The number of hydrogen-bond donors (Lipinski definition) is 1. The molecule has 0 saturated carbocycles. The van der Waals surface area contributed by atoms with Crippen LogP contribution in [0.25, 0.3) is 0 Å². The average Bonchev–Trinajstić information content (AvgIpc) is 2.38. The molecule has 0 aliphatic rings. The zero-order valence-corrected chi connectivity index (χ0v) is 13.4. The molecule has 0 fully saturated rings. The van der Waals surface area contributed by atoms with Crippen molar-refractivity contribution >= 4 is 11.6 Å². The van der Waals surface area contributed by atoms with Crippen molar-refractivity contribution in [1.82, 2.24) is 4.90 Å². The van der Waals surface area contributed by atoms with Gasteiger partial charge in [0.15, 0.2) is 0 Å². The van der Waals surface area contributed by atoms with Crippen LogP contribution in [-0.2, 0) is 6.54 Å². The van der Waals surface area contributed by atoms with Gasteiger partial charge in [-0.05, 0) is 50.4 Å². The lowest BCUT2D eigenvalue weighted by Gasteiger charge is -2.39. The minimum atomic E-state index is 0.0594. The molecular formula is C16H27ClN2. The summed E-state index contributed by atoms with van der Waals surface area (Å²) < 4.78 is 0. The highest BCUT2D eigenvalue weighted by Crippen LogP contribution is 2.23. The van der Waals surface area contributed by atoms with Crippen LogP contribution in [0.5, 0.6) is 0 Å². The number of benzene rings is 1. The first kappa shape index (κ1) is 16.5. The average molecular weight is 283 g/mol. The highest BCUT2D eigenvalue weighted by atomic mass is 35.5. The fourth-order valence-electron chi connectivity index (χ4n) is 2.10. The van der Waals surface area contributed by atoms with Gasteiger partial charge in [-0.25, -0.2) is 0 Å². The van der Waals surface area contributed by atoms with E-state index in [-0.39, 0.29) is 5.54 Å². The molecule has 0 saturated heterocycles. The molecule has 0 bridgehead atoms. The van der Waals surface area contributed by atoms with E-state index in [9.17, 15) is 0 Å². The van der Waals surface area contributed by atoms with E-state index >= 15 is 0 Å². The summed E-state index contributed by atoms with van der Waals surface area (Å²) in [6.07, 6.45) is 2.34. The molecular weight excluding hydrogens is 256 g/mol. The van der Waals surface area contributed by atoms with Gasteiger partial charge in [0, 0.05) is 23.7 Å². The third-order valence-electron chi connectivity index (χ3n) is 3.95. The summed E-state index contributed by atoms with van der Waals surface area (Å²) in [5.74, 6) is 0.717. The van der Waals surface area contributed by atoms with E-state index in [2.05, 4.69) is 44.9 Å². The normalized spacial score (nSPS) is 14.9. The third-order valence-corrected chi connectivity index (χ3v) is 4.21. The van der Waals surface area contributed by atoms with Gasteiger partial charge in [-0.2, -0.15) is 0 Å². The Kier molecular flexibility index (Phi) is 6.31. The molecule has 1 rings (SSSR count). The predicted octanol–water partition coefficient (Wildman–Crippen LogP) is 3.93. The molecule has 1 atom stereocenters. The summed E-state index contributed by atoms with van der Waals surface area (Å²) in [5.41, 5.74) is 7.34. The number of rotatable bonds is 7. The van der Waals surface area contributed by atoms with Gasteiger partial charge in [-0.3, -0.25) is 4.90 Å². The van der Waals surface area contributed by atoms with Gasteiger partial charge in [-0.1, -0.05) is 37.6 Å². The maximum Gasteiger partial charge on any atom is 0.0406 e. The van der Waals surface area contributed by atoms with Crippen molar-refractivity contribution in [3.8, 4) is 0 Å². The fraction of sp³-hybridized carbons (Fsp3) is 0.625. The molecule has 1 aromatic carbocycles. The Balaban J connectivity index is 2.67. The number of likely N-dealkylation sites (N-methyl/N-ethyl adjacent to an activating group) is 1. The molecule has 2 N–H and O–H groups in total. The van der Waals surface area contributed by atoms with Gasteiger partial charge >= 0.3 is 0 Å². The van der Waals surface area contributed by atoms with E-state index in [1.54, 1.807) is 0 Å². The van der Waals surface area contributed by atoms with Crippen LogP contribution in [0, 0.1) is 5.92 Å². The van der Waals surface area contributed by atoms with Crippen molar-refractivity contribution in [3.05, 3.63) is 34.9 Å². The molecule has 108 valence electrons. The maximum absolute atomic E-state index is 6.01. The Labute approximate surface area is 122 Å². The van der Waals surface area contributed by atoms with Gasteiger partial charge in [0.25, 0.3) is 0 Å². The molecule has 0 aliphatic heterocycles. The molecule has 2 nitrogen and oxygen atoms in total. The van der Waals surface area contributed by atoms with E-state index in [0.29, 0.717) is 6.54 Å². The first-order chi connectivity index (χ1) is 8.87. The standard InChI is InChI=1S/C16H27ClN2/c1-13(2)9-10-16(3,12-18)19(4)11-14-5-7-15(17)8-6-14/h5-8,13H,9-12,18H2,1-4H3. The van der Waals surface area contributed by atoms with Crippen molar-refractivity contribution in [2.75, 3.05) is 13.6 Å². The Morgan fingerprint density at radius 1 is 1.26 bits per heavy atom. The first-order valence-electron chi connectivity index (χ1n) is 7.03. The third kappa shape index (κ3) is 5.13. The van der Waals surface area contributed by atoms with Gasteiger partial charge < -0.3 is 5.73 Å². The Morgan fingerprint density at radius 2 is 1.84 bits per heavy atom. The summed E-state index contributed by atoms with van der Waals surface area (Å²) >= 11 is 5.92. The van der Waals surface area contributed by atoms with Crippen LogP contribution in [0.15, 0.2) is 24.3 Å². The van der Waals surface area contributed by atoms with Gasteiger partial charge in [-0.15, -0.1) is 0 Å². The van der Waals surface area contributed by atoms with Crippen molar-refractivity contribution in [2.24, 2.45) is 11.7 Å². The van der Waals surface area contributed by atoms with E-state index in [1.807, 2.05) is 12.1 Å². The van der Waals surface area contributed by atoms with Gasteiger partial charge in [0.2, 0.25) is 0 Å². The second-order valence-electron chi connectivity index (χ2n) is 6.12. The predicted molar refractivity (Wildman–Crippen MR) is 84.5 cm³/mol. The Hall–Kier alpha value is -0.570. The van der Waals surface area contributed by atoms with Crippen LogP contribution in [-0.4, -0.2) is 24.0 Å². The van der Waals surface area contributed by atoms with E-state index in [0.717, 1.165) is 23.9 Å². The molecule has 0 radical (unpaired) electrons. The van der Waals surface area contributed by atoms with Crippen LogP contribution in [0.3, 0.4) is 0 Å². The zero-order valence-electron chi connectivity index (χ0n) is 12.6. The maximum atomic E-state index is 6.01. The summed E-state index contributed by atoms with van der Waals surface area (Å²) in [6, 6.07) is 8.05. The molecule has 0 amide bonds. The number of nitrogens with two attached hydrogens (primary N) is 1. The van der Waals surface area contributed by atoms with Crippen molar-refractivity contribution in [3.63, 3.8) is 0 Å². The number of halogens is 1. The molecule has 19 heavy (non-hydrogen) atoms. The SMILES string of the molecule is CC(C)CCC(C)(CN)N(C)Cc1ccc(Cl)cc1. The van der Waals surface area contributed by atoms with Crippen LogP contribution >= 0.6 is 11.6 Å². The van der Waals surface area contributed by atoms with Crippen molar-refractivity contribution in [1.29, 1.82) is 0 Å². The molecule has 0 heterocycles. The number of nitrogens with zero attached hydrogens (tertiary/aromatic N) is 1. The van der Waals surface area contributed by atoms with E-state index < -0.39 is 0 Å². The van der Waals surface area contributed by atoms with Crippen molar-refractivity contribution < 1.29 is 0 Å². The fourth-order valence-corrected chi connectivity index (χ4v) is 2.23. The van der Waals surface area contributed by atoms with Crippen molar-refractivity contribution in [2.45, 2.75) is 45.7 Å². The molecule has 1 aromatic rings. The summed E-state index contributed by atoms with van der Waals surface area (Å²) in [6.45, 7) is 8.37. The summed E-state index contributed by atoms with van der Waals surface area (Å²) in [5, 5.41) is 0.785. The summed E-state index contributed by atoms with van der Waals surface area (Å²) in [7, 11) is 2.15. The lowest BCUT2D eigenvalue weighted by atomic mass is 9.90. The van der Waals surface area contributed by atoms with Crippen LogP contribution in [0.1, 0.15) is 39.2 Å². The number of hydrogen-bond acceptors (Lipinski definition) is 2. The molecule has 1 unspecified atom stereocenters. The van der Waals surface area contributed by atoms with Gasteiger partial charge in [0.05, 0.1) is 0 Å². The second kappa shape index (κ2) is 7.28. The minimum absolute atomic E-state index is 0.0594. The summed E-state index contributed by atoms with van der Waals surface area (Å²) in [4.78, 5) is 2.36. The molecule has 0 aromatic heterocycles. The minimum Gasteiger partial charge on any atom is -0.329 e. The largest absolute Gasteiger partial charge is 0.329 e.